The highest BCUT2D eigenvalue weighted by atomic mass is 16.5. The van der Waals surface area contributed by atoms with Crippen LogP contribution in [-0.4, -0.2) is 31.8 Å². The molecule has 1 atom stereocenters. The molecule has 0 aliphatic heterocycles. The van der Waals surface area contributed by atoms with Gasteiger partial charge >= 0.3 is 0 Å². The van der Waals surface area contributed by atoms with Gasteiger partial charge in [0, 0.05) is 24.4 Å². The number of likely N-dealkylation sites (N-methyl/N-ethyl adjacent to an activating group) is 1. The van der Waals surface area contributed by atoms with Crippen molar-refractivity contribution in [2.75, 3.05) is 20.7 Å². The zero-order valence-corrected chi connectivity index (χ0v) is 10.4. The normalized spacial score (nSPS) is 12.5. The Bertz CT molecular complexity index is 329. The lowest BCUT2D eigenvalue weighted by Gasteiger charge is -2.12. The Morgan fingerprint density at radius 1 is 1.44 bits per heavy atom. The summed E-state index contributed by atoms with van der Waals surface area (Å²) in [6.45, 7) is 5.33. The fraction of sp³-hybridized carbons (Fsp3) is 0.583. The summed E-state index contributed by atoms with van der Waals surface area (Å²) in [6, 6.07) is 3.81. The molecule has 0 radical (unpaired) electrons. The molecule has 1 N–H and O–H groups in total. The molecule has 0 spiro atoms. The van der Waals surface area contributed by atoms with Gasteiger partial charge in [-0.05, 0) is 20.9 Å². The van der Waals surface area contributed by atoms with Crippen molar-refractivity contribution in [3.63, 3.8) is 0 Å². The molecule has 0 saturated carbocycles. The molecule has 0 saturated heterocycles. The largest absolute Gasteiger partial charge is 0.497 e. The van der Waals surface area contributed by atoms with E-state index in [1.54, 1.807) is 7.11 Å². The fourth-order valence-corrected chi connectivity index (χ4v) is 1.47. The minimum Gasteiger partial charge on any atom is -0.497 e. The van der Waals surface area contributed by atoms with Crippen molar-refractivity contribution < 1.29 is 9.47 Å². The van der Waals surface area contributed by atoms with E-state index in [9.17, 15) is 0 Å². The highest BCUT2D eigenvalue weighted by Gasteiger charge is 2.04. The molecule has 90 valence electrons. The van der Waals surface area contributed by atoms with Gasteiger partial charge in [-0.3, -0.25) is 4.98 Å². The molecule has 0 aliphatic carbocycles. The van der Waals surface area contributed by atoms with Crippen LogP contribution in [0, 0.1) is 6.92 Å². The zero-order valence-electron chi connectivity index (χ0n) is 10.4. The van der Waals surface area contributed by atoms with E-state index in [1.165, 1.54) is 0 Å². The van der Waals surface area contributed by atoms with Gasteiger partial charge in [0.05, 0.1) is 25.5 Å². The maximum atomic E-state index is 5.64. The number of rotatable bonds is 6. The third-order valence-corrected chi connectivity index (χ3v) is 2.22. The molecule has 0 aliphatic rings. The van der Waals surface area contributed by atoms with Crippen LogP contribution in [0.15, 0.2) is 12.1 Å². The average molecular weight is 224 g/mol. The van der Waals surface area contributed by atoms with Gasteiger partial charge in [-0.25, -0.2) is 0 Å². The summed E-state index contributed by atoms with van der Waals surface area (Å²) in [5.74, 6) is 0.826. The smallest absolute Gasteiger partial charge is 0.122 e. The molecular weight excluding hydrogens is 204 g/mol. The molecule has 1 rings (SSSR count). The Morgan fingerprint density at radius 3 is 2.81 bits per heavy atom. The van der Waals surface area contributed by atoms with Gasteiger partial charge in [0.2, 0.25) is 0 Å². The summed E-state index contributed by atoms with van der Waals surface area (Å²) >= 11 is 0. The van der Waals surface area contributed by atoms with Crippen LogP contribution in [0.3, 0.4) is 0 Å². The maximum absolute atomic E-state index is 5.64. The van der Waals surface area contributed by atoms with Crippen LogP contribution in [-0.2, 0) is 11.3 Å². The topological polar surface area (TPSA) is 43.4 Å². The highest BCUT2D eigenvalue weighted by Crippen LogP contribution is 2.14. The van der Waals surface area contributed by atoms with Gasteiger partial charge < -0.3 is 14.8 Å². The Labute approximate surface area is 97.0 Å². The van der Waals surface area contributed by atoms with Crippen LogP contribution in [0.25, 0.3) is 0 Å². The maximum Gasteiger partial charge on any atom is 0.122 e. The molecule has 1 heterocycles. The van der Waals surface area contributed by atoms with E-state index >= 15 is 0 Å². The predicted octanol–water partition coefficient (Wildman–Crippen LogP) is 1.52. The molecule has 1 aromatic heterocycles. The van der Waals surface area contributed by atoms with Crippen LogP contribution in [0.5, 0.6) is 5.75 Å². The van der Waals surface area contributed by atoms with Crippen molar-refractivity contribution in [1.82, 2.24) is 10.3 Å². The van der Waals surface area contributed by atoms with Gasteiger partial charge in [-0.1, -0.05) is 0 Å². The summed E-state index contributed by atoms with van der Waals surface area (Å²) in [7, 11) is 3.57. The van der Waals surface area contributed by atoms with Gasteiger partial charge in [-0.2, -0.15) is 0 Å². The van der Waals surface area contributed by atoms with Gasteiger partial charge in [-0.15, -0.1) is 0 Å². The molecular formula is C12H20N2O2. The van der Waals surface area contributed by atoms with Crippen molar-refractivity contribution in [2.24, 2.45) is 0 Å². The van der Waals surface area contributed by atoms with E-state index in [2.05, 4.69) is 10.3 Å². The molecule has 4 heteroatoms. The van der Waals surface area contributed by atoms with E-state index in [-0.39, 0.29) is 6.10 Å². The second-order valence-corrected chi connectivity index (χ2v) is 3.82. The summed E-state index contributed by atoms with van der Waals surface area (Å²) < 4.78 is 10.8. The van der Waals surface area contributed by atoms with Gasteiger partial charge in [0.1, 0.15) is 5.75 Å². The van der Waals surface area contributed by atoms with E-state index in [4.69, 9.17) is 9.47 Å². The van der Waals surface area contributed by atoms with Crippen molar-refractivity contribution in [3.8, 4) is 5.75 Å². The first kappa shape index (κ1) is 12.9. The number of methoxy groups -OCH3 is 1. The Morgan fingerprint density at radius 2 is 2.19 bits per heavy atom. The standard InChI is InChI=1S/C12H20N2O2/c1-9-5-12(15-4)6-11(14-9)8-16-10(2)7-13-3/h5-6,10,13H,7-8H2,1-4H3. The first-order chi connectivity index (χ1) is 7.65. The molecule has 1 unspecified atom stereocenters. The van der Waals surface area contributed by atoms with Crippen LogP contribution in [0.1, 0.15) is 18.3 Å². The fourth-order valence-electron chi connectivity index (χ4n) is 1.47. The summed E-state index contributed by atoms with van der Waals surface area (Å²) in [5.41, 5.74) is 1.85. The SMILES string of the molecule is CNCC(C)OCc1cc(OC)cc(C)n1. The molecule has 0 aromatic carbocycles. The lowest BCUT2D eigenvalue weighted by molar-refractivity contribution is 0.0523. The van der Waals surface area contributed by atoms with Gasteiger partial charge in [0.15, 0.2) is 0 Å². The van der Waals surface area contributed by atoms with Crippen LogP contribution < -0.4 is 10.1 Å². The first-order valence-electron chi connectivity index (χ1n) is 5.43. The Kier molecular flexibility index (Phi) is 5.22. The van der Waals surface area contributed by atoms with E-state index in [0.29, 0.717) is 6.61 Å². The third kappa shape index (κ3) is 4.16. The number of nitrogens with zero attached hydrogens (tertiary/aromatic N) is 1. The first-order valence-corrected chi connectivity index (χ1v) is 5.43. The van der Waals surface area contributed by atoms with Crippen molar-refractivity contribution in [3.05, 3.63) is 23.5 Å². The number of hydrogen-bond acceptors (Lipinski definition) is 4. The molecule has 0 fully saturated rings. The van der Waals surface area contributed by atoms with E-state index < -0.39 is 0 Å². The van der Waals surface area contributed by atoms with Crippen molar-refractivity contribution in [1.29, 1.82) is 0 Å². The lowest BCUT2D eigenvalue weighted by Crippen LogP contribution is -2.23. The number of nitrogens with one attached hydrogen (secondary N) is 1. The minimum atomic E-state index is 0.179. The number of ether oxygens (including phenoxy) is 2. The molecule has 16 heavy (non-hydrogen) atoms. The summed E-state index contributed by atoms with van der Waals surface area (Å²) in [4.78, 5) is 4.39. The third-order valence-electron chi connectivity index (χ3n) is 2.22. The zero-order chi connectivity index (χ0) is 12.0. The number of hydrogen-bond donors (Lipinski definition) is 1. The Balaban J connectivity index is 2.56. The second-order valence-electron chi connectivity index (χ2n) is 3.82. The van der Waals surface area contributed by atoms with Crippen LogP contribution in [0.2, 0.25) is 0 Å². The average Bonchev–Trinajstić information content (AvgIpc) is 2.26. The van der Waals surface area contributed by atoms with Crippen molar-refractivity contribution in [2.45, 2.75) is 26.6 Å². The molecule has 0 bridgehead atoms. The number of aromatic nitrogens is 1. The van der Waals surface area contributed by atoms with Gasteiger partial charge in [0.25, 0.3) is 0 Å². The summed E-state index contributed by atoms with van der Waals surface area (Å²) in [5, 5.41) is 3.07. The van der Waals surface area contributed by atoms with E-state index in [1.807, 2.05) is 33.0 Å². The Hall–Kier alpha value is -1.13. The predicted molar refractivity (Wildman–Crippen MR) is 63.7 cm³/mol. The van der Waals surface area contributed by atoms with E-state index in [0.717, 1.165) is 23.7 Å². The minimum absolute atomic E-state index is 0.179. The second kappa shape index (κ2) is 6.45. The number of aryl methyl sites for hydroxylation is 1. The van der Waals surface area contributed by atoms with Crippen LogP contribution >= 0.6 is 0 Å². The molecule has 0 amide bonds. The molecule has 4 nitrogen and oxygen atoms in total. The highest BCUT2D eigenvalue weighted by molar-refractivity contribution is 5.26. The lowest BCUT2D eigenvalue weighted by atomic mass is 10.3. The summed E-state index contributed by atoms with van der Waals surface area (Å²) in [6.07, 6.45) is 0.179. The van der Waals surface area contributed by atoms with Crippen molar-refractivity contribution >= 4 is 0 Å². The monoisotopic (exact) mass is 224 g/mol. The quantitative estimate of drug-likeness (QED) is 0.795. The van der Waals surface area contributed by atoms with Crippen LogP contribution in [0.4, 0.5) is 0 Å². The molecule has 1 aromatic rings. The number of pyridine rings is 1.